The Kier molecular flexibility index (Phi) is 3.88. The summed E-state index contributed by atoms with van der Waals surface area (Å²) in [5.41, 5.74) is 4.23. The fourth-order valence-corrected chi connectivity index (χ4v) is 2.75. The molecule has 2 N–H and O–H groups in total. The van der Waals surface area contributed by atoms with Gasteiger partial charge in [0.25, 0.3) is 0 Å². The van der Waals surface area contributed by atoms with Crippen molar-refractivity contribution in [2.24, 2.45) is 7.05 Å². The van der Waals surface area contributed by atoms with Crippen molar-refractivity contribution >= 4 is 5.82 Å². The molecule has 6 nitrogen and oxygen atoms in total. The number of aromatic nitrogens is 4. The Hall–Kier alpha value is -1.95. The molecule has 0 bridgehead atoms. The molecule has 0 aliphatic carbocycles. The van der Waals surface area contributed by atoms with E-state index in [4.69, 9.17) is 0 Å². The maximum atomic E-state index is 4.42. The minimum absolute atomic E-state index is 0.487. The zero-order valence-corrected chi connectivity index (χ0v) is 12.8. The molecule has 21 heavy (non-hydrogen) atoms. The van der Waals surface area contributed by atoms with E-state index in [-0.39, 0.29) is 0 Å². The number of nitrogens with zero attached hydrogens (tertiary/aromatic N) is 4. The van der Waals surface area contributed by atoms with E-state index in [0.717, 1.165) is 48.7 Å². The molecule has 2 aromatic rings. The van der Waals surface area contributed by atoms with Crippen LogP contribution in [-0.2, 0) is 7.05 Å². The van der Waals surface area contributed by atoms with Gasteiger partial charge in [-0.05, 0) is 57.0 Å². The van der Waals surface area contributed by atoms with E-state index < -0.39 is 0 Å². The van der Waals surface area contributed by atoms with Gasteiger partial charge in [0.2, 0.25) is 0 Å². The molecule has 3 rings (SSSR count). The third-order valence-electron chi connectivity index (χ3n) is 4.27. The predicted molar refractivity (Wildman–Crippen MR) is 83.2 cm³/mol. The van der Waals surface area contributed by atoms with Crippen LogP contribution >= 0.6 is 0 Å². The van der Waals surface area contributed by atoms with Gasteiger partial charge in [-0.3, -0.25) is 4.68 Å². The number of nitrogens with one attached hydrogen (secondary N) is 2. The summed E-state index contributed by atoms with van der Waals surface area (Å²) in [6.45, 7) is 6.33. The molecule has 6 heteroatoms. The second-order valence-electron chi connectivity index (χ2n) is 5.66. The minimum Gasteiger partial charge on any atom is -0.366 e. The maximum absolute atomic E-state index is 4.42. The molecular weight excluding hydrogens is 264 g/mol. The molecule has 112 valence electrons. The molecule has 0 saturated carbocycles. The number of aryl methyl sites for hydroxylation is 1. The molecule has 0 atom stereocenters. The fraction of sp³-hybridized carbons (Fsp3) is 0.533. The summed E-state index contributed by atoms with van der Waals surface area (Å²) in [4.78, 5) is 0. The number of hydrogen-bond donors (Lipinski definition) is 2. The molecule has 0 radical (unpaired) electrons. The summed E-state index contributed by atoms with van der Waals surface area (Å²) in [7, 11) is 1.92. The molecule has 0 amide bonds. The molecule has 1 fully saturated rings. The highest BCUT2D eigenvalue weighted by atomic mass is 15.3. The Morgan fingerprint density at radius 2 is 1.95 bits per heavy atom. The molecule has 0 aromatic carbocycles. The zero-order valence-electron chi connectivity index (χ0n) is 12.8. The first-order valence-electron chi connectivity index (χ1n) is 7.46. The van der Waals surface area contributed by atoms with Crippen LogP contribution in [0.15, 0.2) is 12.3 Å². The largest absolute Gasteiger partial charge is 0.366 e. The number of rotatable bonds is 3. The number of anilines is 1. The van der Waals surface area contributed by atoms with Crippen molar-refractivity contribution in [1.29, 1.82) is 0 Å². The van der Waals surface area contributed by atoms with Gasteiger partial charge in [0, 0.05) is 19.3 Å². The Labute approximate surface area is 125 Å². The summed E-state index contributed by atoms with van der Waals surface area (Å²) in [5.74, 6) is 0.908. The highest BCUT2D eigenvalue weighted by Gasteiger charge is 2.17. The number of piperidine rings is 1. The quantitative estimate of drug-likeness (QED) is 0.898. The van der Waals surface area contributed by atoms with Crippen LogP contribution in [0.3, 0.4) is 0 Å². The van der Waals surface area contributed by atoms with Crippen molar-refractivity contribution in [3.05, 3.63) is 23.4 Å². The molecule has 1 saturated heterocycles. The van der Waals surface area contributed by atoms with Crippen LogP contribution < -0.4 is 10.6 Å². The molecule has 3 heterocycles. The number of hydrogen-bond acceptors (Lipinski definition) is 5. The lowest BCUT2D eigenvalue weighted by molar-refractivity contribution is 0.477. The average Bonchev–Trinajstić information content (AvgIpc) is 2.91. The summed E-state index contributed by atoms with van der Waals surface area (Å²) < 4.78 is 1.83. The first-order valence-corrected chi connectivity index (χ1v) is 7.46. The van der Waals surface area contributed by atoms with E-state index >= 15 is 0 Å². The lowest BCUT2D eigenvalue weighted by Crippen LogP contribution is -2.35. The smallest absolute Gasteiger partial charge is 0.152 e. The van der Waals surface area contributed by atoms with E-state index in [0.29, 0.717) is 6.04 Å². The van der Waals surface area contributed by atoms with Crippen molar-refractivity contribution in [2.75, 3.05) is 18.4 Å². The highest BCUT2D eigenvalue weighted by Crippen LogP contribution is 2.26. The minimum atomic E-state index is 0.487. The molecule has 0 spiro atoms. The molecule has 2 aromatic heterocycles. The van der Waals surface area contributed by atoms with Crippen LogP contribution in [0, 0.1) is 13.8 Å². The average molecular weight is 286 g/mol. The first kappa shape index (κ1) is 14.0. The van der Waals surface area contributed by atoms with Gasteiger partial charge in [0.05, 0.1) is 5.69 Å². The van der Waals surface area contributed by atoms with E-state index in [1.165, 1.54) is 5.56 Å². The van der Waals surface area contributed by atoms with Gasteiger partial charge in [-0.2, -0.15) is 5.10 Å². The van der Waals surface area contributed by atoms with Crippen LogP contribution in [-0.4, -0.2) is 39.1 Å². The Morgan fingerprint density at radius 3 is 2.62 bits per heavy atom. The van der Waals surface area contributed by atoms with E-state index in [2.05, 4.69) is 39.8 Å². The van der Waals surface area contributed by atoms with Gasteiger partial charge in [0.15, 0.2) is 5.82 Å². The molecular formula is C15H22N6. The monoisotopic (exact) mass is 286 g/mol. The lowest BCUT2D eigenvalue weighted by Gasteiger charge is -2.25. The fourth-order valence-electron chi connectivity index (χ4n) is 2.75. The molecule has 0 unspecified atom stereocenters. The van der Waals surface area contributed by atoms with Crippen LogP contribution in [0.5, 0.6) is 0 Å². The van der Waals surface area contributed by atoms with Gasteiger partial charge in [-0.25, -0.2) is 0 Å². The molecule has 1 aliphatic rings. The standard InChI is InChI=1S/C15H22N6/c1-10-11(2)15(18-12-4-7-16-8-5-12)20-19-14(10)13-6-9-17-21(13)3/h6,9,12,16H,4-5,7-8H2,1-3H3,(H,18,20). The van der Waals surface area contributed by atoms with Gasteiger partial charge >= 0.3 is 0 Å². The van der Waals surface area contributed by atoms with Crippen LogP contribution in [0.2, 0.25) is 0 Å². The van der Waals surface area contributed by atoms with Gasteiger partial charge < -0.3 is 10.6 Å². The zero-order chi connectivity index (χ0) is 14.8. The SMILES string of the molecule is Cc1c(NC2CCNCC2)nnc(-c2ccnn2C)c1C. The van der Waals surface area contributed by atoms with Crippen LogP contribution in [0.25, 0.3) is 11.4 Å². The normalized spacial score (nSPS) is 16.1. The summed E-state index contributed by atoms with van der Waals surface area (Å²) in [6, 6.07) is 2.46. The first-order chi connectivity index (χ1) is 10.2. The third kappa shape index (κ3) is 2.76. The van der Waals surface area contributed by atoms with Crippen molar-refractivity contribution in [2.45, 2.75) is 32.7 Å². The van der Waals surface area contributed by atoms with Crippen molar-refractivity contribution in [3.63, 3.8) is 0 Å². The van der Waals surface area contributed by atoms with Crippen LogP contribution in [0.1, 0.15) is 24.0 Å². The summed E-state index contributed by atoms with van der Waals surface area (Å²) in [5, 5.41) is 19.9. The van der Waals surface area contributed by atoms with Crippen molar-refractivity contribution in [3.8, 4) is 11.4 Å². The van der Waals surface area contributed by atoms with Gasteiger partial charge in [-0.1, -0.05) is 0 Å². The Bertz CT molecular complexity index is 627. The van der Waals surface area contributed by atoms with Crippen LogP contribution in [0.4, 0.5) is 5.82 Å². The van der Waals surface area contributed by atoms with E-state index in [1.807, 2.05) is 17.8 Å². The lowest BCUT2D eigenvalue weighted by atomic mass is 10.0. The third-order valence-corrected chi connectivity index (χ3v) is 4.27. The predicted octanol–water partition coefficient (Wildman–Crippen LogP) is 1.66. The second-order valence-corrected chi connectivity index (χ2v) is 5.66. The van der Waals surface area contributed by atoms with Gasteiger partial charge in [-0.15, -0.1) is 10.2 Å². The maximum Gasteiger partial charge on any atom is 0.152 e. The summed E-state index contributed by atoms with van der Waals surface area (Å²) in [6.07, 6.45) is 4.04. The van der Waals surface area contributed by atoms with Crippen molar-refractivity contribution < 1.29 is 0 Å². The van der Waals surface area contributed by atoms with E-state index in [9.17, 15) is 0 Å². The molecule has 1 aliphatic heterocycles. The Balaban J connectivity index is 1.87. The topological polar surface area (TPSA) is 67.7 Å². The summed E-state index contributed by atoms with van der Waals surface area (Å²) >= 11 is 0. The second kappa shape index (κ2) is 5.81. The Morgan fingerprint density at radius 1 is 1.19 bits per heavy atom. The van der Waals surface area contributed by atoms with Gasteiger partial charge in [0.1, 0.15) is 5.69 Å². The highest BCUT2D eigenvalue weighted by molar-refractivity contribution is 5.63. The van der Waals surface area contributed by atoms with Crippen molar-refractivity contribution in [1.82, 2.24) is 25.3 Å². The van der Waals surface area contributed by atoms with E-state index in [1.54, 1.807) is 6.20 Å².